The summed E-state index contributed by atoms with van der Waals surface area (Å²) in [6.07, 6.45) is 5.74. The van der Waals surface area contributed by atoms with Gasteiger partial charge >= 0.3 is 0 Å². The number of likely N-dealkylation sites (tertiary alicyclic amines) is 1. The van der Waals surface area contributed by atoms with Gasteiger partial charge in [0.15, 0.2) is 0 Å². The van der Waals surface area contributed by atoms with E-state index in [0.29, 0.717) is 11.5 Å². The number of nitrogens with zero attached hydrogens (tertiary/aromatic N) is 3. The first kappa shape index (κ1) is 28.8. The van der Waals surface area contributed by atoms with Gasteiger partial charge in [-0.1, -0.05) is 19.9 Å². The summed E-state index contributed by atoms with van der Waals surface area (Å²) in [7, 11) is 0. The first-order valence-corrected chi connectivity index (χ1v) is 15.6. The molecule has 3 heterocycles. The second-order valence-electron chi connectivity index (χ2n) is 12.8. The van der Waals surface area contributed by atoms with Crippen LogP contribution in [0.15, 0.2) is 42.5 Å². The third kappa shape index (κ3) is 6.37. The molecule has 6 rings (SSSR count). The molecular formula is C33H43FN6O2. The molecule has 0 unspecified atom stereocenters. The molecule has 3 aliphatic rings. The second kappa shape index (κ2) is 12.5. The molecule has 3 N–H and O–H groups in total. The number of piperidine rings is 1. The highest BCUT2D eigenvalue weighted by Crippen LogP contribution is 2.37. The highest BCUT2D eigenvalue weighted by atomic mass is 19.1. The number of carbonyl (C=O) groups is 2. The van der Waals surface area contributed by atoms with Crippen LogP contribution in [0.2, 0.25) is 0 Å². The number of carbonyl (C=O) groups excluding carboxylic acids is 2. The fourth-order valence-electron chi connectivity index (χ4n) is 6.81. The van der Waals surface area contributed by atoms with Crippen molar-refractivity contribution in [3.63, 3.8) is 0 Å². The lowest BCUT2D eigenvalue weighted by atomic mass is 9.85. The van der Waals surface area contributed by atoms with Crippen molar-refractivity contribution in [1.29, 1.82) is 0 Å². The van der Waals surface area contributed by atoms with Crippen LogP contribution in [0.4, 0.5) is 10.3 Å². The van der Waals surface area contributed by atoms with Crippen LogP contribution < -0.4 is 16.0 Å². The zero-order valence-electron chi connectivity index (χ0n) is 24.7. The number of aromatic nitrogens is 2. The van der Waals surface area contributed by atoms with Gasteiger partial charge in [-0.15, -0.1) is 0 Å². The molecule has 1 aromatic heterocycles. The highest BCUT2D eigenvalue weighted by molar-refractivity contribution is 6.04. The molecule has 2 aromatic carbocycles. The number of anilines is 1. The third-order valence-electron chi connectivity index (χ3n) is 9.63. The Hall–Kier alpha value is -3.30. The number of amides is 2. The Morgan fingerprint density at radius 3 is 2.36 bits per heavy atom. The molecule has 42 heavy (non-hydrogen) atoms. The quantitative estimate of drug-likeness (QED) is 0.348. The predicted octanol–water partition coefficient (Wildman–Crippen LogP) is 5.12. The van der Waals surface area contributed by atoms with Gasteiger partial charge in [0.25, 0.3) is 5.91 Å². The fourth-order valence-corrected chi connectivity index (χ4v) is 6.81. The van der Waals surface area contributed by atoms with E-state index in [0.717, 1.165) is 81.3 Å². The zero-order chi connectivity index (χ0) is 29.2. The molecule has 0 radical (unpaired) electrons. The molecule has 9 heteroatoms. The average molecular weight is 575 g/mol. The van der Waals surface area contributed by atoms with Gasteiger partial charge in [-0.2, -0.15) is 0 Å². The Morgan fingerprint density at radius 2 is 1.71 bits per heavy atom. The van der Waals surface area contributed by atoms with Crippen molar-refractivity contribution in [1.82, 2.24) is 25.1 Å². The first-order chi connectivity index (χ1) is 20.3. The number of imidazole rings is 1. The topological polar surface area (TPSA) is 91.3 Å². The number of hydrogen-bond acceptors (Lipinski definition) is 5. The van der Waals surface area contributed by atoms with Crippen molar-refractivity contribution in [3.05, 3.63) is 59.4 Å². The Bertz CT molecular complexity index is 1400. The lowest BCUT2D eigenvalue weighted by molar-refractivity contribution is -0.127. The maximum Gasteiger partial charge on any atom is 0.257 e. The van der Waals surface area contributed by atoms with Crippen LogP contribution in [0, 0.1) is 23.6 Å². The van der Waals surface area contributed by atoms with Crippen molar-refractivity contribution in [2.24, 2.45) is 17.8 Å². The van der Waals surface area contributed by atoms with E-state index in [1.807, 2.05) is 0 Å². The number of hydrogen-bond donors (Lipinski definition) is 3. The summed E-state index contributed by atoms with van der Waals surface area (Å²) in [5.74, 6) is 1.51. The molecule has 2 saturated heterocycles. The van der Waals surface area contributed by atoms with Gasteiger partial charge < -0.3 is 15.2 Å². The van der Waals surface area contributed by atoms with Gasteiger partial charge in [0.1, 0.15) is 5.82 Å². The molecule has 3 fully saturated rings. The lowest BCUT2D eigenvalue weighted by Crippen LogP contribution is -2.58. The van der Waals surface area contributed by atoms with Crippen LogP contribution in [0.5, 0.6) is 0 Å². The largest absolute Gasteiger partial charge is 0.351 e. The molecule has 3 aromatic rings. The molecular weight excluding hydrogens is 531 g/mol. The van der Waals surface area contributed by atoms with Gasteiger partial charge in [0, 0.05) is 37.2 Å². The van der Waals surface area contributed by atoms with E-state index >= 15 is 0 Å². The molecule has 224 valence electrons. The number of benzene rings is 2. The predicted molar refractivity (Wildman–Crippen MR) is 163 cm³/mol. The normalized spacial score (nSPS) is 22.3. The van der Waals surface area contributed by atoms with Crippen LogP contribution in [-0.2, 0) is 11.3 Å². The molecule has 1 saturated carbocycles. The summed E-state index contributed by atoms with van der Waals surface area (Å²) in [4.78, 5) is 33.4. The number of nitrogens with one attached hydrogen (secondary N) is 3. The number of fused-ring (bicyclic) bond motifs is 1. The minimum atomic E-state index is -0.380. The van der Waals surface area contributed by atoms with E-state index in [-0.39, 0.29) is 35.6 Å². The minimum absolute atomic E-state index is 0.0122. The van der Waals surface area contributed by atoms with Gasteiger partial charge in [0.05, 0.1) is 17.1 Å². The van der Waals surface area contributed by atoms with Crippen LogP contribution in [0.25, 0.3) is 11.0 Å². The van der Waals surface area contributed by atoms with E-state index in [1.165, 1.54) is 42.7 Å². The van der Waals surface area contributed by atoms with Crippen LogP contribution in [-0.4, -0.2) is 58.5 Å². The van der Waals surface area contributed by atoms with Crippen LogP contribution >= 0.6 is 0 Å². The fraction of sp³-hybridized carbons (Fsp3) is 0.545. The smallest absolute Gasteiger partial charge is 0.257 e. The standard InChI is InChI=1S/C33H43FN6O2/c1-21(2)23-13-15-39(16-14-23)20-22-3-12-29-30(17-22)40(33(37-29)38-32(42)24-4-8-26(34)9-5-24)28-10-6-25(7-11-28)31(41)36-27-18-35-19-27/h3-5,8-9,12,17,21,23,25,27-28,35H,6-7,10-11,13-16,18-20H2,1-2H3,(H,36,41)(H,37,38,42). The summed E-state index contributed by atoms with van der Waals surface area (Å²) in [5, 5.41) is 9.39. The van der Waals surface area contributed by atoms with Crippen molar-refractivity contribution < 1.29 is 14.0 Å². The summed E-state index contributed by atoms with van der Waals surface area (Å²) in [6, 6.07) is 12.4. The third-order valence-corrected chi connectivity index (χ3v) is 9.63. The number of rotatable bonds is 8. The Kier molecular flexibility index (Phi) is 8.58. The summed E-state index contributed by atoms with van der Waals surface area (Å²) in [6.45, 7) is 9.46. The van der Waals surface area contributed by atoms with Gasteiger partial charge in [-0.05, 0) is 105 Å². The summed E-state index contributed by atoms with van der Waals surface area (Å²) < 4.78 is 15.7. The van der Waals surface area contributed by atoms with Crippen molar-refractivity contribution in [2.75, 3.05) is 31.5 Å². The molecule has 2 amide bonds. The van der Waals surface area contributed by atoms with Crippen LogP contribution in [0.1, 0.15) is 74.3 Å². The lowest BCUT2D eigenvalue weighted by Gasteiger charge is -2.34. The Labute approximate surface area is 247 Å². The SMILES string of the molecule is CC(C)C1CCN(Cc2ccc3nc(NC(=O)c4ccc(F)cc4)n(C4CCC(C(=O)NC5CNC5)CC4)c3c2)CC1. The highest BCUT2D eigenvalue weighted by Gasteiger charge is 2.32. The maximum absolute atomic E-state index is 13.5. The van der Waals surface area contributed by atoms with Crippen molar-refractivity contribution in [3.8, 4) is 0 Å². The molecule has 0 atom stereocenters. The average Bonchev–Trinajstić information content (AvgIpc) is 3.32. The van der Waals surface area contributed by atoms with E-state index < -0.39 is 0 Å². The van der Waals surface area contributed by atoms with Crippen molar-refractivity contribution >= 4 is 28.8 Å². The molecule has 2 aliphatic heterocycles. The number of halogens is 1. The second-order valence-corrected chi connectivity index (χ2v) is 12.8. The molecule has 8 nitrogen and oxygen atoms in total. The summed E-state index contributed by atoms with van der Waals surface area (Å²) in [5.41, 5.74) is 3.47. The van der Waals surface area contributed by atoms with E-state index in [9.17, 15) is 14.0 Å². The molecule has 0 spiro atoms. The first-order valence-electron chi connectivity index (χ1n) is 15.6. The Balaban J connectivity index is 1.23. The van der Waals surface area contributed by atoms with Crippen molar-refractivity contribution in [2.45, 2.75) is 71.0 Å². The van der Waals surface area contributed by atoms with Gasteiger partial charge in [-0.3, -0.25) is 19.8 Å². The van der Waals surface area contributed by atoms with Gasteiger partial charge in [0.2, 0.25) is 11.9 Å². The van der Waals surface area contributed by atoms with E-state index in [1.54, 1.807) is 0 Å². The molecule has 0 bridgehead atoms. The van der Waals surface area contributed by atoms with Crippen LogP contribution in [0.3, 0.4) is 0 Å². The Morgan fingerprint density at radius 1 is 1.00 bits per heavy atom. The summed E-state index contributed by atoms with van der Waals surface area (Å²) >= 11 is 0. The zero-order valence-corrected chi connectivity index (χ0v) is 24.7. The maximum atomic E-state index is 13.5. The van der Waals surface area contributed by atoms with Gasteiger partial charge in [-0.25, -0.2) is 9.37 Å². The minimum Gasteiger partial charge on any atom is -0.351 e. The van der Waals surface area contributed by atoms with E-state index in [4.69, 9.17) is 4.98 Å². The molecule has 1 aliphatic carbocycles. The van der Waals surface area contributed by atoms with E-state index in [2.05, 4.69) is 57.5 Å². The monoisotopic (exact) mass is 574 g/mol.